The fraction of sp³-hybridized carbons (Fsp3) is 0.375. The average molecular weight is 315 g/mol. The third-order valence-corrected chi connectivity index (χ3v) is 4.05. The summed E-state index contributed by atoms with van der Waals surface area (Å²) in [6, 6.07) is 7.08. The zero-order chi connectivity index (χ0) is 16.4. The van der Waals surface area contributed by atoms with Gasteiger partial charge in [-0.05, 0) is 31.9 Å². The number of aromatic nitrogens is 2. The normalized spacial score (nSPS) is 15.6. The fourth-order valence-electron chi connectivity index (χ4n) is 2.76. The highest BCUT2D eigenvalue weighted by Crippen LogP contribution is 2.25. The van der Waals surface area contributed by atoms with E-state index >= 15 is 0 Å². The van der Waals surface area contributed by atoms with Crippen molar-refractivity contribution in [2.75, 3.05) is 13.1 Å². The van der Waals surface area contributed by atoms with Gasteiger partial charge in [-0.15, -0.1) is 0 Å². The predicted molar refractivity (Wildman–Crippen MR) is 80.7 cm³/mol. The Labute approximate surface area is 132 Å². The summed E-state index contributed by atoms with van der Waals surface area (Å²) < 4.78 is 5.17. The Bertz CT molecular complexity index is 732. The summed E-state index contributed by atoms with van der Waals surface area (Å²) in [4.78, 5) is 29.6. The minimum atomic E-state index is -0.793. The lowest BCUT2D eigenvalue weighted by molar-refractivity contribution is -0.143. The summed E-state index contributed by atoms with van der Waals surface area (Å²) in [5.74, 6) is -0.483. The first kappa shape index (κ1) is 15.2. The Morgan fingerprint density at radius 1 is 1.26 bits per heavy atom. The Balaban J connectivity index is 1.82. The molecule has 0 aliphatic carbocycles. The molecule has 2 heterocycles. The molecule has 7 nitrogen and oxygen atoms in total. The number of carboxylic acids is 1. The van der Waals surface area contributed by atoms with Gasteiger partial charge in [-0.2, -0.15) is 4.98 Å². The molecule has 1 amide bonds. The quantitative estimate of drug-likeness (QED) is 0.930. The molecule has 0 spiro atoms. The molecular weight excluding hydrogens is 298 g/mol. The summed E-state index contributed by atoms with van der Waals surface area (Å²) >= 11 is 0. The standard InChI is InChI=1S/C16H17N3O4/c1-10-17-14(23-18-10)12-4-2-3-5-13(12)15(20)19-8-6-11(7-9-19)16(21)22/h2-5,11H,6-9H2,1H3,(H,21,22). The van der Waals surface area contributed by atoms with Crippen LogP contribution in [0.4, 0.5) is 0 Å². The third-order valence-electron chi connectivity index (χ3n) is 4.05. The van der Waals surface area contributed by atoms with Crippen LogP contribution in [0.1, 0.15) is 29.0 Å². The predicted octanol–water partition coefficient (Wildman–Crippen LogP) is 1.98. The minimum Gasteiger partial charge on any atom is -0.481 e. The maximum Gasteiger partial charge on any atom is 0.306 e. The lowest BCUT2D eigenvalue weighted by Gasteiger charge is -2.30. The van der Waals surface area contributed by atoms with E-state index in [0.29, 0.717) is 48.8 Å². The van der Waals surface area contributed by atoms with E-state index in [1.807, 2.05) is 6.07 Å². The largest absolute Gasteiger partial charge is 0.481 e. The topological polar surface area (TPSA) is 96.5 Å². The van der Waals surface area contributed by atoms with Gasteiger partial charge in [0.05, 0.1) is 17.0 Å². The van der Waals surface area contributed by atoms with Crippen LogP contribution in [0.3, 0.4) is 0 Å². The van der Waals surface area contributed by atoms with Crippen LogP contribution in [0.5, 0.6) is 0 Å². The molecule has 7 heteroatoms. The van der Waals surface area contributed by atoms with Crippen molar-refractivity contribution in [2.45, 2.75) is 19.8 Å². The van der Waals surface area contributed by atoms with E-state index in [2.05, 4.69) is 10.1 Å². The highest BCUT2D eigenvalue weighted by atomic mass is 16.5. The van der Waals surface area contributed by atoms with Gasteiger partial charge < -0.3 is 14.5 Å². The molecule has 0 atom stereocenters. The number of aryl methyl sites for hydroxylation is 1. The van der Waals surface area contributed by atoms with E-state index in [9.17, 15) is 9.59 Å². The van der Waals surface area contributed by atoms with Gasteiger partial charge in [0, 0.05) is 13.1 Å². The number of aliphatic carboxylic acids is 1. The molecular formula is C16H17N3O4. The molecule has 0 unspecified atom stereocenters. The van der Waals surface area contributed by atoms with E-state index in [-0.39, 0.29) is 11.8 Å². The van der Waals surface area contributed by atoms with Crippen molar-refractivity contribution in [3.05, 3.63) is 35.7 Å². The van der Waals surface area contributed by atoms with Gasteiger partial charge in [0.2, 0.25) is 0 Å². The van der Waals surface area contributed by atoms with E-state index in [1.165, 1.54) is 0 Å². The smallest absolute Gasteiger partial charge is 0.306 e. The highest BCUT2D eigenvalue weighted by Gasteiger charge is 2.29. The molecule has 1 aliphatic heterocycles. The van der Waals surface area contributed by atoms with Crippen molar-refractivity contribution in [3.63, 3.8) is 0 Å². The monoisotopic (exact) mass is 315 g/mol. The van der Waals surface area contributed by atoms with Crippen LogP contribution in [-0.4, -0.2) is 45.1 Å². The van der Waals surface area contributed by atoms with Crippen LogP contribution in [0.25, 0.3) is 11.5 Å². The summed E-state index contributed by atoms with van der Waals surface area (Å²) in [6.07, 6.45) is 0.950. The van der Waals surface area contributed by atoms with Crippen LogP contribution in [0.15, 0.2) is 28.8 Å². The summed E-state index contributed by atoms with van der Waals surface area (Å²) in [5, 5.41) is 12.8. The third kappa shape index (κ3) is 3.08. The molecule has 1 fully saturated rings. The summed E-state index contributed by atoms with van der Waals surface area (Å²) in [6.45, 7) is 2.59. The van der Waals surface area contributed by atoms with Crippen LogP contribution in [0.2, 0.25) is 0 Å². The number of likely N-dealkylation sites (tertiary alicyclic amines) is 1. The van der Waals surface area contributed by atoms with Crippen LogP contribution in [0, 0.1) is 12.8 Å². The fourth-order valence-corrected chi connectivity index (χ4v) is 2.76. The maximum atomic E-state index is 12.8. The van der Waals surface area contributed by atoms with Crippen molar-refractivity contribution >= 4 is 11.9 Å². The molecule has 1 aromatic carbocycles. The molecule has 0 bridgehead atoms. The SMILES string of the molecule is Cc1noc(-c2ccccc2C(=O)N2CCC(C(=O)O)CC2)n1. The van der Waals surface area contributed by atoms with E-state index < -0.39 is 5.97 Å². The van der Waals surface area contributed by atoms with E-state index in [4.69, 9.17) is 9.63 Å². The number of amides is 1. The van der Waals surface area contributed by atoms with Crippen LogP contribution >= 0.6 is 0 Å². The molecule has 1 aromatic heterocycles. The molecule has 0 saturated carbocycles. The summed E-state index contributed by atoms with van der Waals surface area (Å²) in [7, 11) is 0. The van der Waals surface area contributed by atoms with Gasteiger partial charge in [-0.3, -0.25) is 9.59 Å². The molecule has 0 radical (unpaired) electrons. The van der Waals surface area contributed by atoms with Crippen molar-refractivity contribution in [3.8, 4) is 11.5 Å². The number of rotatable bonds is 3. The second kappa shape index (κ2) is 6.20. The number of hydrogen-bond donors (Lipinski definition) is 1. The van der Waals surface area contributed by atoms with Gasteiger partial charge in [0.15, 0.2) is 5.82 Å². The molecule has 3 rings (SSSR count). The Morgan fingerprint density at radius 2 is 1.96 bits per heavy atom. The second-order valence-corrected chi connectivity index (χ2v) is 5.60. The van der Waals surface area contributed by atoms with Gasteiger partial charge in [0.25, 0.3) is 11.8 Å². The molecule has 1 saturated heterocycles. The molecule has 1 aliphatic rings. The number of carbonyl (C=O) groups excluding carboxylic acids is 1. The number of carboxylic acid groups (broad SMARTS) is 1. The highest BCUT2D eigenvalue weighted by molar-refractivity contribution is 6.00. The first-order valence-electron chi connectivity index (χ1n) is 7.48. The number of piperidine rings is 1. The Hall–Kier alpha value is -2.70. The first-order valence-corrected chi connectivity index (χ1v) is 7.48. The number of benzene rings is 1. The maximum absolute atomic E-state index is 12.8. The lowest BCUT2D eigenvalue weighted by atomic mass is 9.96. The second-order valence-electron chi connectivity index (χ2n) is 5.60. The average Bonchev–Trinajstić information content (AvgIpc) is 3.00. The Morgan fingerprint density at radius 3 is 2.57 bits per heavy atom. The minimum absolute atomic E-state index is 0.139. The Kier molecular flexibility index (Phi) is 4.10. The molecule has 2 aromatic rings. The molecule has 23 heavy (non-hydrogen) atoms. The molecule has 120 valence electrons. The van der Waals surface area contributed by atoms with Gasteiger partial charge in [-0.25, -0.2) is 0 Å². The van der Waals surface area contributed by atoms with Crippen molar-refractivity contribution < 1.29 is 19.2 Å². The molecule has 1 N–H and O–H groups in total. The lowest BCUT2D eigenvalue weighted by Crippen LogP contribution is -2.40. The van der Waals surface area contributed by atoms with Gasteiger partial charge in [0.1, 0.15) is 0 Å². The number of carbonyl (C=O) groups is 2. The first-order chi connectivity index (χ1) is 11.1. The van der Waals surface area contributed by atoms with Crippen molar-refractivity contribution in [2.24, 2.45) is 5.92 Å². The van der Waals surface area contributed by atoms with Crippen LogP contribution < -0.4 is 0 Å². The number of nitrogens with zero attached hydrogens (tertiary/aromatic N) is 3. The summed E-state index contributed by atoms with van der Waals surface area (Å²) in [5.41, 5.74) is 1.09. The zero-order valence-electron chi connectivity index (χ0n) is 12.7. The van der Waals surface area contributed by atoms with Crippen LogP contribution in [-0.2, 0) is 4.79 Å². The van der Waals surface area contributed by atoms with E-state index in [1.54, 1.807) is 30.0 Å². The van der Waals surface area contributed by atoms with Crippen molar-refractivity contribution in [1.29, 1.82) is 0 Å². The number of hydrogen-bond acceptors (Lipinski definition) is 5. The van der Waals surface area contributed by atoms with E-state index in [0.717, 1.165) is 0 Å². The van der Waals surface area contributed by atoms with Gasteiger partial charge in [-0.1, -0.05) is 17.3 Å². The van der Waals surface area contributed by atoms with Gasteiger partial charge >= 0.3 is 5.97 Å². The zero-order valence-corrected chi connectivity index (χ0v) is 12.7. The van der Waals surface area contributed by atoms with Crippen molar-refractivity contribution in [1.82, 2.24) is 15.0 Å².